The number of nitrogens with zero attached hydrogens (tertiary/aromatic N) is 2. The highest BCUT2D eigenvalue weighted by molar-refractivity contribution is 5.94. The molecule has 0 unspecified atom stereocenters. The topological polar surface area (TPSA) is 56.2 Å². The Bertz CT molecular complexity index is 1030. The van der Waals surface area contributed by atoms with Crippen LogP contribution in [-0.2, 0) is 13.0 Å². The molecule has 0 aliphatic heterocycles. The molecular weight excluding hydrogens is 434 g/mol. The number of imidazole rings is 1. The van der Waals surface area contributed by atoms with Crippen molar-refractivity contribution in [2.24, 2.45) is 0 Å². The molecule has 190 valence electrons. The van der Waals surface area contributed by atoms with E-state index in [2.05, 4.69) is 41.1 Å². The lowest BCUT2D eigenvalue weighted by Gasteiger charge is -2.10. The number of aromatic nitrogens is 2. The number of methoxy groups -OCH3 is 1. The van der Waals surface area contributed by atoms with Gasteiger partial charge in [-0.15, -0.1) is 0 Å². The molecule has 0 spiro atoms. The first-order valence-electron chi connectivity index (χ1n) is 13.6. The first-order chi connectivity index (χ1) is 17.2. The molecule has 5 nitrogen and oxygen atoms in total. The Morgan fingerprint density at radius 1 is 0.886 bits per heavy atom. The third-order valence-corrected chi connectivity index (χ3v) is 6.66. The van der Waals surface area contributed by atoms with E-state index in [1.54, 1.807) is 13.2 Å². The number of nitrogens with one attached hydrogen (secondary N) is 1. The maximum Gasteiger partial charge on any atom is 0.251 e. The van der Waals surface area contributed by atoms with Crippen molar-refractivity contribution in [3.8, 4) is 5.75 Å². The van der Waals surface area contributed by atoms with E-state index in [4.69, 9.17) is 9.72 Å². The second kappa shape index (κ2) is 15.2. The van der Waals surface area contributed by atoms with Crippen LogP contribution in [0, 0.1) is 0 Å². The molecule has 0 aliphatic carbocycles. The third kappa shape index (κ3) is 8.72. The predicted molar refractivity (Wildman–Crippen MR) is 145 cm³/mol. The van der Waals surface area contributed by atoms with Crippen LogP contribution in [0.4, 0.5) is 0 Å². The summed E-state index contributed by atoms with van der Waals surface area (Å²) in [7, 11) is 1.61. The monoisotopic (exact) mass is 477 g/mol. The van der Waals surface area contributed by atoms with E-state index < -0.39 is 0 Å². The number of hydrogen-bond donors (Lipinski definition) is 1. The van der Waals surface area contributed by atoms with Gasteiger partial charge in [-0.25, -0.2) is 4.98 Å². The van der Waals surface area contributed by atoms with Crippen molar-refractivity contribution in [1.29, 1.82) is 0 Å². The number of fused-ring (bicyclic) bond motifs is 1. The van der Waals surface area contributed by atoms with Gasteiger partial charge < -0.3 is 14.6 Å². The zero-order valence-electron chi connectivity index (χ0n) is 21.7. The number of carbonyl (C=O) groups excluding carboxylic acids is 1. The van der Waals surface area contributed by atoms with Gasteiger partial charge in [-0.3, -0.25) is 4.79 Å². The minimum Gasteiger partial charge on any atom is -0.497 e. The summed E-state index contributed by atoms with van der Waals surface area (Å²) in [6.45, 7) is 3.91. The summed E-state index contributed by atoms with van der Waals surface area (Å²) in [4.78, 5) is 17.4. The lowest BCUT2D eigenvalue weighted by atomic mass is 10.1. The van der Waals surface area contributed by atoms with Crippen LogP contribution in [-0.4, -0.2) is 29.1 Å². The van der Waals surface area contributed by atoms with Crippen molar-refractivity contribution < 1.29 is 9.53 Å². The van der Waals surface area contributed by atoms with Crippen LogP contribution in [0.5, 0.6) is 5.75 Å². The molecule has 0 aliphatic rings. The molecular formula is C30H43N3O2. The summed E-state index contributed by atoms with van der Waals surface area (Å²) in [5, 5.41) is 3.03. The summed E-state index contributed by atoms with van der Waals surface area (Å²) < 4.78 is 7.61. The fraction of sp³-hybridized carbons (Fsp3) is 0.533. The molecule has 3 rings (SSSR count). The molecule has 0 fully saturated rings. The Hall–Kier alpha value is -2.82. The molecule has 0 saturated heterocycles. The predicted octanol–water partition coefficient (Wildman–Crippen LogP) is 7.33. The minimum atomic E-state index is -0.0669. The number of hydrogen-bond acceptors (Lipinski definition) is 3. The summed E-state index contributed by atoms with van der Waals surface area (Å²) in [5.41, 5.74) is 2.91. The van der Waals surface area contributed by atoms with Crippen molar-refractivity contribution in [1.82, 2.24) is 14.9 Å². The molecule has 0 atom stereocenters. The van der Waals surface area contributed by atoms with Crippen LogP contribution in [0.1, 0.15) is 93.7 Å². The van der Waals surface area contributed by atoms with Gasteiger partial charge in [0.25, 0.3) is 5.91 Å². The number of para-hydroxylation sites is 2. The fourth-order valence-corrected chi connectivity index (χ4v) is 4.64. The van der Waals surface area contributed by atoms with E-state index >= 15 is 0 Å². The van der Waals surface area contributed by atoms with E-state index in [9.17, 15) is 4.79 Å². The van der Waals surface area contributed by atoms with Gasteiger partial charge in [0.2, 0.25) is 0 Å². The number of benzene rings is 2. The average molecular weight is 478 g/mol. The van der Waals surface area contributed by atoms with Gasteiger partial charge in [0.15, 0.2) is 0 Å². The van der Waals surface area contributed by atoms with Crippen molar-refractivity contribution >= 4 is 16.9 Å². The summed E-state index contributed by atoms with van der Waals surface area (Å²) in [5.74, 6) is 1.75. The van der Waals surface area contributed by atoms with Crippen molar-refractivity contribution in [2.45, 2.75) is 90.5 Å². The normalized spacial score (nSPS) is 11.1. The second-order valence-corrected chi connectivity index (χ2v) is 9.44. The number of amides is 1. The van der Waals surface area contributed by atoms with E-state index in [0.29, 0.717) is 17.9 Å². The minimum absolute atomic E-state index is 0.0669. The van der Waals surface area contributed by atoms with Gasteiger partial charge >= 0.3 is 0 Å². The van der Waals surface area contributed by atoms with Crippen LogP contribution >= 0.6 is 0 Å². The lowest BCUT2D eigenvalue weighted by Crippen LogP contribution is -2.25. The quantitative estimate of drug-likeness (QED) is 0.207. The van der Waals surface area contributed by atoms with Gasteiger partial charge in [0.05, 0.1) is 18.1 Å². The Morgan fingerprint density at radius 3 is 2.34 bits per heavy atom. The standard InChI is InChI=1S/C30H43N3O2/c1-3-4-5-6-7-8-9-10-11-14-23-33-28-20-13-12-19-27(28)32-29(33)21-16-22-31-30(34)25-17-15-18-26(24-25)35-2/h12-13,15,17-20,24H,3-11,14,16,21-23H2,1-2H3,(H,31,34). The van der Waals surface area contributed by atoms with Crippen LogP contribution < -0.4 is 10.1 Å². The highest BCUT2D eigenvalue weighted by Gasteiger charge is 2.11. The van der Waals surface area contributed by atoms with E-state index in [1.165, 1.54) is 69.7 Å². The fourth-order valence-electron chi connectivity index (χ4n) is 4.64. The highest BCUT2D eigenvalue weighted by atomic mass is 16.5. The Labute approximate surface area is 211 Å². The van der Waals surface area contributed by atoms with Gasteiger partial charge in [-0.1, -0.05) is 82.9 Å². The average Bonchev–Trinajstić information content (AvgIpc) is 3.24. The van der Waals surface area contributed by atoms with Crippen molar-refractivity contribution in [3.05, 3.63) is 59.9 Å². The lowest BCUT2D eigenvalue weighted by molar-refractivity contribution is 0.0952. The largest absolute Gasteiger partial charge is 0.497 e. The Morgan fingerprint density at radius 2 is 1.60 bits per heavy atom. The summed E-state index contributed by atoms with van der Waals surface area (Å²) >= 11 is 0. The van der Waals surface area contributed by atoms with E-state index in [1.807, 2.05) is 18.2 Å². The summed E-state index contributed by atoms with van der Waals surface area (Å²) in [6.07, 6.45) is 15.1. The van der Waals surface area contributed by atoms with Crippen LogP contribution in [0.15, 0.2) is 48.5 Å². The van der Waals surface area contributed by atoms with Crippen molar-refractivity contribution in [3.63, 3.8) is 0 Å². The zero-order chi connectivity index (χ0) is 24.7. The molecule has 1 heterocycles. The molecule has 1 aromatic heterocycles. The third-order valence-electron chi connectivity index (χ3n) is 6.66. The zero-order valence-corrected chi connectivity index (χ0v) is 21.7. The highest BCUT2D eigenvalue weighted by Crippen LogP contribution is 2.19. The van der Waals surface area contributed by atoms with Gasteiger partial charge in [-0.05, 0) is 43.2 Å². The number of ether oxygens (including phenoxy) is 1. The SMILES string of the molecule is CCCCCCCCCCCCn1c(CCCNC(=O)c2cccc(OC)c2)nc2ccccc21. The molecule has 1 amide bonds. The first kappa shape index (κ1) is 26.8. The number of rotatable bonds is 17. The summed E-state index contributed by atoms with van der Waals surface area (Å²) in [6, 6.07) is 15.7. The van der Waals surface area contributed by atoms with E-state index in [-0.39, 0.29) is 5.91 Å². The van der Waals surface area contributed by atoms with Gasteiger partial charge in [0.1, 0.15) is 11.6 Å². The van der Waals surface area contributed by atoms with Gasteiger partial charge in [-0.2, -0.15) is 0 Å². The molecule has 3 aromatic rings. The molecule has 35 heavy (non-hydrogen) atoms. The number of aryl methyl sites for hydroxylation is 2. The molecule has 0 saturated carbocycles. The maximum atomic E-state index is 12.5. The molecule has 0 bridgehead atoms. The Kier molecular flexibility index (Phi) is 11.7. The maximum absolute atomic E-state index is 12.5. The molecule has 0 radical (unpaired) electrons. The second-order valence-electron chi connectivity index (χ2n) is 9.44. The smallest absolute Gasteiger partial charge is 0.251 e. The molecule has 5 heteroatoms. The van der Waals surface area contributed by atoms with Crippen LogP contribution in [0.2, 0.25) is 0 Å². The van der Waals surface area contributed by atoms with Crippen LogP contribution in [0.25, 0.3) is 11.0 Å². The van der Waals surface area contributed by atoms with Gasteiger partial charge in [0, 0.05) is 25.1 Å². The molecule has 1 N–H and O–H groups in total. The first-order valence-corrected chi connectivity index (χ1v) is 13.6. The number of unbranched alkanes of at least 4 members (excludes halogenated alkanes) is 9. The number of carbonyl (C=O) groups is 1. The van der Waals surface area contributed by atoms with Crippen LogP contribution in [0.3, 0.4) is 0 Å². The van der Waals surface area contributed by atoms with Crippen molar-refractivity contribution in [2.75, 3.05) is 13.7 Å². The molecule has 2 aromatic carbocycles. The van der Waals surface area contributed by atoms with E-state index in [0.717, 1.165) is 30.7 Å². The Balaban J connectivity index is 1.43.